The van der Waals surface area contributed by atoms with Crippen molar-refractivity contribution in [3.8, 4) is 0 Å². The molecule has 4 fully saturated rings. The van der Waals surface area contributed by atoms with Crippen LogP contribution in [0.4, 0.5) is 0 Å². The first-order chi connectivity index (χ1) is 12.3. The van der Waals surface area contributed by atoms with E-state index < -0.39 is 0 Å². The summed E-state index contributed by atoms with van der Waals surface area (Å²) >= 11 is 6.21. The Morgan fingerprint density at radius 2 is 2.07 bits per heavy atom. The zero-order valence-electron chi connectivity index (χ0n) is 15.9. The summed E-state index contributed by atoms with van der Waals surface area (Å²) in [7, 11) is -0.371. The Balaban J connectivity index is 0.00000180. The van der Waals surface area contributed by atoms with Crippen molar-refractivity contribution in [2.75, 3.05) is 0 Å². The van der Waals surface area contributed by atoms with E-state index in [0.717, 1.165) is 23.3 Å². The highest BCUT2D eigenvalue weighted by Crippen LogP contribution is 2.65. The first kappa shape index (κ1) is 19.6. The third kappa shape index (κ3) is 2.70. The molecule has 0 spiro atoms. The average molecular weight is 410 g/mol. The molecule has 2 heterocycles. The summed E-state index contributed by atoms with van der Waals surface area (Å²) < 4.78 is 18.4. The van der Waals surface area contributed by atoms with Gasteiger partial charge in [0.25, 0.3) is 0 Å². The van der Waals surface area contributed by atoms with Gasteiger partial charge in [0.15, 0.2) is 5.58 Å². The van der Waals surface area contributed by atoms with Gasteiger partial charge in [0, 0.05) is 11.3 Å². The highest BCUT2D eigenvalue weighted by molar-refractivity contribution is 6.47. The number of benzene rings is 1. The lowest BCUT2D eigenvalue weighted by Gasteiger charge is -2.64. The normalized spacial score (nSPS) is 34.7. The highest BCUT2D eigenvalue weighted by Gasteiger charge is 2.68. The molecule has 2 N–H and O–H groups in total. The van der Waals surface area contributed by atoms with Gasteiger partial charge in [-0.05, 0) is 55.1 Å². The molecule has 27 heavy (non-hydrogen) atoms. The molecular weight excluding hydrogens is 384 g/mol. The van der Waals surface area contributed by atoms with Gasteiger partial charge >= 0.3 is 7.12 Å². The maximum atomic E-state index is 6.51. The number of nitrogens with two attached hydrogens (primary N) is 1. The quantitative estimate of drug-likeness (QED) is 0.749. The summed E-state index contributed by atoms with van der Waals surface area (Å²) in [5, 5.41) is 1.63. The van der Waals surface area contributed by atoms with E-state index in [1.54, 1.807) is 6.26 Å². The molecule has 4 nitrogen and oxygen atoms in total. The predicted molar refractivity (Wildman–Crippen MR) is 110 cm³/mol. The first-order valence-electron chi connectivity index (χ1n) is 9.54. The van der Waals surface area contributed by atoms with E-state index in [9.17, 15) is 0 Å². The van der Waals surface area contributed by atoms with Crippen molar-refractivity contribution >= 4 is 42.1 Å². The second-order valence-corrected chi connectivity index (χ2v) is 9.49. The first-order valence-corrected chi connectivity index (χ1v) is 9.92. The molecule has 6 rings (SSSR count). The lowest BCUT2D eigenvalue weighted by Crippen LogP contribution is -2.65. The number of rotatable bonds is 3. The Hall–Kier alpha value is -0.715. The smallest absolute Gasteiger partial charge is 0.462 e. The van der Waals surface area contributed by atoms with Gasteiger partial charge in [-0.3, -0.25) is 0 Å². The van der Waals surface area contributed by atoms with Crippen LogP contribution in [0.3, 0.4) is 0 Å². The van der Waals surface area contributed by atoms with Crippen LogP contribution in [0, 0.1) is 17.3 Å². The number of para-hydroxylation sites is 1. The fraction of sp³-hybridized carbons (Fsp3) is 0.600. The van der Waals surface area contributed by atoms with Crippen molar-refractivity contribution in [3.63, 3.8) is 0 Å². The average Bonchev–Trinajstić information content (AvgIpc) is 3.16. The summed E-state index contributed by atoms with van der Waals surface area (Å²) in [6.07, 6.45) is 4.87. The second kappa shape index (κ2) is 6.40. The van der Waals surface area contributed by atoms with E-state index in [1.165, 1.54) is 6.42 Å². The van der Waals surface area contributed by atoms with Crippen molar-refractivity contribution < 1.29 is 13.7 Å². The third-order valence-corrected chi connectivity index (χ3v) is 7.70. The largest absolute Gasteiger partial charge is 0.475 e. The number of halogens is 2. The molecule has 0 radical (unpaired) electrons. The summed E-state index contributed by atoms with van der Waals surface area (Å²) in [5.41, 5.74) is 8.40. The van der Waals surface area contributed by atoms with Crippen molar-refractivity contribution in [1.82, 2.24) is 0 Å². The van der Waals surface area contributed by atoms with Crippen molar-refractivity contribution in [2.24, 2.45) is 23.0 Å². The Morgan fingerprint density at radius 1 is 1.30 bits per heavy atom. The Labute approximate surface area is 171 Å². The van der Waals surface area contributed by atoms with Crippen molar-refractivity contribution in [1.29, 1.82) is 0 Å². The van der Waals surface area contributed by atoms with Crippen LogP contribution in [-0.4, -0.2) is 24.8 Å². The topological polar surface area (TPSA) is 57.6 Å². The Morgan fingerprint density at radius 3 is 2.81 bits per heavy atom. The number of hydrogen-bond donors (Lipinski definition) is 1. The van der Waals surface area contributed by atoms with E-state index in [4.69, 9.17) is 31.1 Å². The van der Waals surface area contributed by atoms with Crippen LogP contribution in [0.5, 0.6) is 0 Å². The molecule has 146 valence electrons. The zero-order valence-corrected chi connectivity index (χ0v) is 17.5. The molecule has 3 saturated carbocycles. The summed E-state index contributed by atoms with van der Waals surface area (Å²) in [6.45, 7) is 6.95. The summed E-state index contributed by atoms with van der Waals surface area (Å²) in [5.74, 6) is 1.05. The summed E-state index contributed by atoms with van der Waals surface area (Å²) in [6, 6.07) is 5.78. The molecule has 1 aromatic carbocycles. The molecule has 2 bridgehead atoms. The van der Waals surface area contributed by atoms with Crippen molar-refractivity contribution in [3.05, 3.63) is 35.0 Å². The number of fused-ring (bicyclic) bond motifs is 1. The van der Waals surface area contributed by atoms with Crippen LogP contribution in [0.15, 0.2) is 28.9 Å². The van der Waals surface area contributed by atoms with Crippen LogP contribution in [-0.2, 0) is 15.7 Å². The Kier molecular flexibility index (Phi) is 4.64. The standard InChI is InChI=1S/C20H25BClNO3.ClH/c1-19(2)12-8-15(19)20(3)16(9-12)25-21(26-20)17(23)7-11-10-24-18-13(11)5-4-6-14(18)22;/h4-6,10,12,15-17H,7-9,23H2,1-3H3;1H/t12-,15-,16+,17?,20-;/m0./s1. The maximum absolute atomic E-state index is 6.51. The minimum atomic E-state index is -0.371. The Bertz CT molecular complexity index is 872. The van der Waals surface area contributed by atoms with Crippen LogP contribution < -0.4 is 5.73 Å². The van der Waals surface area contributed by atoms with E-state index >= 15 is 0 Å². The zero-order chi connectivity index (χ0) is 18.3. The van der Waals surface area contributed by atoms with E-state index in [0.29, 0.717) is 28.4 Å². The van der Waals surface area contributed by atoms with E-state index in [1.807, 2.05) is 18.2 Å². The minimum absolute atomic E-state index is 0. The van der Waals surface area contributed by atoms with E-state index in [-0.39, 0.29) is 37.2 Å². The van der Waals surface area contributed by atoms with Gasteiger partial charge < -0.3 is 19.5 Å². The van der Waals surface area contributed by atoms with Crippen LogP contribution in [0.2, 0.25) is 5.02 Å². The SMILES string of the molecule is CC1(C)[C@@H]2C[C@H]3OB(C(N)Cc4coc5c(Cl)cccc45)O[C@@]3(C)[C@H]1C2.Cl. The van der Waals surface area contributed by atoms with Gasteiger partial charge in [-0.2, -0.15) is 0 Å². The molecule has 2 aromatic rings. The molecule has 7 heteroatoms. The molecular formula is C20H26BCl2NO3. The second-order valence-electron chi connectivity index (χ2n) is 9.08. The molecule has 5 atom stereocenters. The number of hydrogen-bond acceptors (Lipinski definition) is 4. The van der Waals surface area contributed by atoms with Gasteiger partial charge in [-0.15, -0.1) is 12.4 Å². The van der Waals surface area contributed by atoms with Crippen LogP contribution in [0.1, 0.15) is 39.2 Å². The fourth-order valence-corrected chi connectivity index (χ4v) is 5.88. The maximum Gasteiger partial charge on any atom is 0.475 e. The highest BCUT2D eigenvalue weighted by atomic mass is 35.5. The number of furan rings is 1. The van der Waals surface area contributed by atoms with Gasteiger partial charge in [0.2, 0.25) is 0 Å². The molecule has 1 aliphatic heterocycles. The van der Waals surface area contributed by atoms with Crippen molar-refractivity contribution in [2.45, 2.75) is 57.7 Å². The summed E-state index contributed by atoms with van der Waals surface area (Å²) in [4.78, 5) is 0. The molecule has 1 unspecified atom stereocenters. The predicted octanol–water partition coefficient (Wildman–Crippen LogP) is 4.65. The van der Waals surface area contributed by atoms with Gasteiger partial charge in [-0.25, -0.2) is 0 Å². The minimum Gasteiger partial charge on any atom is -0.462 e. The molecule has 0 amide bonds. The molecule has 3 aliphatic carbocycles. The lowest BCUT2D eigenvalue weighted by atomic mass is 9.43. The lowest BCUT2D eigenvalue weighted by molar-refractivity contribution is -0.199. The molecule has 1 aromatic heterocycles. The fourth-order valence-electron chi connectivity index (χ4n) is 5.67. The van der Waals surface area contributed by atoms with Crippen LogP contribution in [0.25, 0.3) is 11.0 Å². The molecule has 1 saturated heterocycles. The monoisotopic (exact) mass is 409 g/mol. The van der Waals surface area contributed by atoms with Gasteiger partial charge in [0.1, 0.15) is 0 Å². The third-order valence-electron chi connectivity index (χ3n) is 7.41. The van der Waals surface area contributed by atoms with Gasteiger partial charge in [0.05, 0.1) is 23.0 Å². The molecule has 4 aliphatic rings. The van der Waals surface area contributed by atoms with Gasteiger partial charge in [-0.1, -0.05) is 37.6 Å². The van der Waals surface area contributed by atoms with E-state index in [2.05, 4.69) is 20.8 Å². The van der Waals surface area contributed by atoms with Crippen LogP contribution >= 0.6 is 24.0 Å².